The molecule has 0 aromatic heterocycles. The average molecular weight is 235 g/mol. The molecule has 1 rings (SSSR count). The van der Waals surface area contributed by atoms with Gasteiger partial charge in [0.2, 0.25) is 0 Å². The number of carbonyl (C=O) groups is 1. The van der Waals surface area contributed by atoms with Gasteiger partial charge < -0.3 is 15.5 Å². The van der Waals surface area contributed by atoms with Crippen LogP contribution in [0.4, 0.5) is 5.69 Å². The van der Waals surface area contributed by atoms with Crippen molar-refractivity contribution in [3.05, 3.63) is 29.3 Å². The van der Waals surface area contributed by atoms with E-state index >= 15 is 0 Å². The molecule has 0 heterocycles. The molecule has 2 N–H and O–H groups in total. The Bertz CT molecular complexity index is 402. The van der Waals surface area contributed by atoms with Crippen LogP contribution >= 0.6 is 0 Å². The quantitative estimate of drug-likeness (QED) is 0.798. The maximum atomic E-state index is 12.1. The normalized spacial score (nSPS) is 10.6. The van der Waals surface area contributed by atoms with Crippen molar-refractivity contribution < 1.29 is 4.79 Å². The van der Waals surface area contributed by atoms with E-state index in [2.05, 4.69) is 0 Å². The lowest BCUT2D eigenvalue weighted by atomic mass is 10.1. The fourth-order valence-corrected chi connectivity index (χ4v) is 1.53. The average Bonchev–Trinajstić information content (AvgIpc) is 2.25. The third-order valence-electron chi connectivity index (χ3n) is 2.67. The predicted octanol–water partition coefficient (Wildman–Crippen LogP) is 1.21. The largest absolute Gasteiger partial charge is 0.398 e. The van der Waals surface area contributed by atoms with Crippen LogP contribution < -0.4 is 5.73 Å². The minimum Gasteiger partial charge on any atom is -0.398 e. The van der Waals surface area contributed by atoms with Crippen LogP contribution in [0.5, 0.6) is 0 Å². The first-order chi connectivity index (χ1) is 7.91. The first-order valence-electron chi connectivity index (χ1n) is 5.68. The first kappa shape index (κ1) is 13.5. The van der Waals surface area contributed by atoms with Gasteiger partial charge >= 0.3 is 0 Å². The molecule has 0 aliphatic carbocycles. The van der Waals surface area contributed by atoms with Gasteiger partial charge in [-0.1, -0.05) is 6.07 Å². The van der Waals surface area contributed by atoms with E-state index < -0.39 is 0 Å². The summed E-state index contributed by atoms with van der Waals surface area (Å²) >= 11 is 0. The van der Waals surface area contributed by atoms with E-state index in [1.807, 2.05) is 38.1 Å². The zero-order valence-corrected chi connectivity index (χ0v) is 11.0. The van der Waals surface area contributed by atoms with Gasteiger partial charge in [0.15, 0.2) is 0 Å². The monoisotopic (exact) mass is 235 g/mol. The second-order valence-corrected chi connectivity index (χ2v) is 4.62. The molecule has 0 spiro atoms. The molecule has 4 nitrogen and oxygen atoms in total. The Morgan fingerprint density at radius 2 is 1.88 bits per heavy atom. The first-order valence-corrected chi connectivity index (χ1v) is 5.68. The lowest BCUT2D eigenvalue weighted by Gasteiger charge is -2.20. The molecule has 1 amide bonds. The molecular formula is C13H21N3O. The Balaban J connectivity index is 2.75. The van der Waals surface area contributed by atoms with Crippen molar-refractivity contribution in [2.45, 2.75) is 6.92 Å². The van der Waals surface area contributed by atoms with Gasteiger partial charge in [-0.2, -0.15) is 0 Å². The van der Waals surface area contributed by atoms with E-state index in [9.17, 15) is 4.79 Å². The van der Waals surface area contributed by atoms with Gasteiger partial charge in [0, 0.05) is 25.8 Å². The lowest BCUT2D eigenvalue weighted by Crippen LogP contribution is -2.33. The Hall–Kier alpha value is -1.55. The topological polar surface area (TPSA) is 49.6 Å². The van der Waals surface area contributed by atoms with E-state index in [0.29, 0.717) is 17.8 Å². The van der Waals surface area contributed by atoms with Crippen LogP contribution in [0.15, 0.2) is 18.2 Å². The van der Waals surface area contributed by atoms with Crippen LogP contribution in [0.1, 0.15) is 15.9 Å². The summed E-state index contributed by atoms with van der Waals surface area (Å²) in [4.78, 5) is 15.9. The maximum Gasteiger partial charge on any atom is 0.255 e. The number of hydrogen-bond acceptors (Lipinski definition) is 3. The Morgan fingerprint density at radius 3 is 2.41 bits per heavy atom. The van der Waals surface area contributed by atoms with Crippen LogP contribution in [0.2, 0.25) is 0 Å². The van der Waals surface area contributed by atoms with Gasteiger partial charge in [-0.05, 0) is 38.7 Å². The summed E-state index contributed by atoms with van der Waals surface area (Å²) in [6, 6.07) is 5.52. The van der Waals surface area contributed by atoms with E-state index in [-0.39, 0.29) is 5.91 Å². The number of nitrogens with zero attached hydrogens (tertiary/aromatic N) is 2. The Labute approximate surface area is 103 Å². The van der Waals surface area contributed by atoms with Crippen molar-refractivity contribution in [1.82, 2.24) is 9.80 Å². The number of anilines is 1. The number of nitrogen functional groups attached to an aromatic ring is 1. The maximum absolute atomic E-state index is 12.1. The number of rotatable bonds is 4. The summed E-state index contributed by atoms with van der Waals surface area (Å²) in [7, 11) is 5.77. The van der Waals surface area contributed by atoms with E-state index in [1.165, 1.54) is 0 Å². The predicted molar refractivity (Wildman–Crippen MR) is 71.1 cm³/mol. The number of benzene rings is 1. The van der Waals surface area contributed by atoms with Crippen molar-refractivity contribution in [1.29, 1.82) is 0 Å². The highest BCUT2D eigenvalue weighted by molar-refractivity contribution is 5.99. The molecule has 0 radical (unpaired) electrons. The van der Waals surface area contributed by atoms with Gasteiger partial charge in [-0.3, -0.25) is 4.79 Å². The van der Waals surface area contributed by atoms with Crippen molar-refractivity contribution >= 4 is 11.6 Å². The number of nitrogens with two attached hydrogens (primary N) is 1. The Morgan fingerprint density at radius 1 is 1.24 bits per heavy atom. The highest BCUT2D eigenvalue weighted by atomic mass is 16.2. The fraction of sp³-hybridized carbons (Fsp3) is 0.462. The second-order valence-electron chi connectivity index (χ2n) is 4.62. The van der Waals surface area contributed by atoms with Gasteiger partial charge in [0.1, 0.15) is 0 Å². The van der Waals surface area contributed by atoms with Crippen LogP contribution in [0.3, 0.4) is 0 Å². The molecule has 0 bridgehead atoms. The van der Waals surface area contributed by atoms with E-state index in [1.54, 1.807) is 18.0 Å². The summed E-state index contributed by atoms with van der Waals surface area (Å²) < 4.78 is 0. The summed E-state index contributed by atoms with van der Waals surface area (Å²) in [5.74, 6) is -0.0237. The van der Waals surface area contributed by atoms with E-state index in [4.69, 9.17) is 5.73 Å². The van der Waals surface area contributed by atoms with Crippen LogP contribution in [0, 0.1) is 6.92 Å². The van der Waals surface area contributed by atoms with Crippen LogP contribution in [0.25, 0.3) is 0 Å². The summed E-state index contributed by atoms with van der Waals surface area (Å²) in [6.45, 7) is 3.49. The molecule has 1 aromatic carbocycles. The zero-order valence-electron chi connectivity index (χ0n) is 11.0. The molecule has 0 aliphatic heterocycles. The number of hydrogen-bond donors (Lipinski definition) is 1. The molecule has 0 unspecified atom stereocenters. The number of carbonyl (C=O) groups excluding carboxylic acids is 1. The summed E-state index contributed by atoms with van der Waals surface area (Å²) in [6.07, 6.45) is 0. The van der Waals surface area contributed by atoms with Crippen LogP contribution in [-0.4, -0.2) is 49.9 Å². The van der Waals surface area contributed by atoms with E-state index in [0.717, 1.165) is 12.1 Å². The van der Waals surface area contributed by atoms with Gasteiger partial charge in [-0.25, -0.2) is 0 Å². The van der Waals surface area contributed by atoms with Gasteiger partial charge in [0.05, 0.1) is 5.56 Å². The van der Waals surface area contributed by atoms with Crippen molar-refractivity contribution in [2.75, 3.05) is 40.0 Å². The summed E-state index contributed by atoms with van der Waals surface area (Å²) in [5, 5.41) is 0. The van der Waals surface area contributed by atoms with Gasteiger partial charge in [-0.15, -0.1) is 0 Å². The molecule has 0 aliphatic rings. The molecular weight excluding hydrogens is 214 g/mol. The molecule has 0 fully saturated rings. The molecule has 94 valence electrons. The molecule has 1 aromatic rings. The number of aryl methyl sites for hydroxylation is 1. The highest BCUT2D eigenvalue weighted by Crippen LogP contribution is 2.15. The Kier molecular flexibility index (Phi) is 4.52. The van der Waals surface area contributed by atoms with Crippen molar-refractivity contribution in [2.24, 2.45) is 0 Å². The minimum atomic E-state index is -0.0237. The summed E-state index contributed by atoms with van der Waals surface area (Å²) in [5.41, 5.74) is 8.05. The molecule has 4 heteroatoms. The minimum absolute atomic E-state index is 0.0237. The number of likely N-dealkylation sites (N-methyl/N-ethyl adjacent to an activating group) is 2. The third kappa shape index (κ3) is 3.75. The third-order valence-corrected chi connectivity index (χ3v) is 2.67. The lowest BCUT2D eigenvalue weighted by molar-refractivity contribution is 0.0787. The highest BCUT2D eigenvalue weighted by Gasteiger charge is 2.14. The number of amides is 1. The SMILES string of the molecule is Cc1ccc(C(=O)N(C)CCN(C)C)c(N)c1. The standard InChI is InChI=1S/C13H21N3O/c1-10-5-6-11(12(14)9-10)13(17)16(4)8-7-15(2)3/h5-6,9H,7-8,14H2,1-4H3. The van der Waals surface area contributed by atoms with Gasteiger partial charge in [0.25, 0.3) is 5.91 Å². The molecule has 0 saturated heterocycles. The molecule has 0 saturated carbocycles. The fourth-order valence-electron chi connectivity index (χ4n) is 1.53. The second kappa shape index (κ2) is 5.68. The zero-order chi connectivity index (χ0) is 13.0. The molecule has 17 heavy (non-hydrogen) atoms. The van der Waals surface area contributed by atoms with Crippen LogP contribution in [-0.2, 0) is 0 Å². The van der Waals surface area contributed by atoms with Crippen molar-refractivity contribution in [3.8, 4) is 0 Å². The molecule has 0 atom stereocenters. The smallest absolute Gasteiger partial charge is 0.255 e. The van der Waals surface area contributed by atoms with Crippen molar-refractivity contribution in [3.63, 3.8) is 0 Å².